The van der Waals surface area contributed by atoms with Crippen LogP contribution < -0.4 is 5.32 Å². The average molecular weight is 183 g/mol. The minimum Gasteiger partial charge on any atom is -0.302 e. The molecular weight excluding hydrogens is 166 g/mol. The van der Waals surface area contributed by atoms with Crippen molar-refractivity contribution < 1.29 is 0 Å². The lowest BCUT2D eigenvalue weighted by atomic mass is 10.2. The van der Waals surface area contributed by atoms with Crippen molar-refractivity contribution in [3.05, 3.63) is 0 Å². The highest BCUT2D eigenvalue weighted by molar-refractivity contribution is 7.99. The van der Waals surface area contributed by atoms with Crippen LogP contribution >= 0.6 is 11.8 Å². The highest BCUT2D eigenvalue weighted by atomic mass is 32.2. The van der Waals surface area contributed by atoms with E-state index in [1.165, 1.54) is 19.3 Å². The molecular formula is C10H17NS. The Morgan fingerprint density at radius 2 is 2.33 bits per heavy atom. The first-order valence-corrected chi connectivity index (χ1v) is 5.83. The van der Waals surface area contributed by atoms with Crippen molar-refractivity contribution >= 4 is 11.8 Å². The van der Waals surface area contributed by atoms with Crippen molar-refractivity contribution in [2.75, 3.05) is 12.8 Å². The van der Waals surface area contributed by atoms with E-state index in [0.717, 1.165) is 11.8 Å². The minimum atomic E-state index is 0.709. The number of hydrogen-bond donors (Lipinski definition) is 1. The summed E-state index contributed by atoms with van der Waals surface area (Å²) in [6.07, 6.45) is 6.29. The van der Waals surface area contributed by atoms with Crippen LogP contribution in [0.5, 0.6) is 0 Å². The summed E-state index contributed by atoms with van der Waals surface area (Å²) in [4.78, 5) is 0. The Morgan fingerprint density at radius 1 is 1.50 bits per heavy atom. The zero-order valence-corrected chi connectivity index (χ0v) is 8.71. The molecule has 0 heterocycles. The third-order valence-corrected chi connectivity index (χ3v) is 3.55. The summed E-state index contributed by atoms with van der Waals surface area (Å²) in [5.41, 5.74) is 0. The summed E-state index contributed by atoms with van der Waals surface area (Å²) in [6, 6.07) is 0.709. The Labute approximate surface area is 79.7 Å². The zero-order chi connectivity index (χ0) is 8.81. The maximum absolute atomic E-state index is 3.49. The fraction of sp³-hybridized carbons (Fsp3) is 0.800. The van der Waals surface area contributed by atoms with Gasteiger partial charge in [0.2, 0.25) is 0 Å². The molecule has 1 N–H and O–H groups in total. The Bertz CT molecular complexity index is 180. The molecule has 1 aliphatic rings. The Balaban J connectivity index is 2.24. The molecule has 1 saturated carbocycles. The number of hydrogen-bond acceptors (Lipinski definition) is 2. The van der Waals surface area contributed by atoms with E-state index in [1.807, 2.05) is 18.7 Å². The second kappa shape index (κ2) is 5.50. The number of nitrogens with one attached hydrogen (secondary N) is 1. The molecule has 2 heteroatoms. The van der Waals surface area contributed by atoms with E-state index in [1.54, 1.807) is 0 Å². The van der Waals surface area contributed by atoms with Crippen molar-refractivity contribution in [2.24, 2.45) is 0 Å². The molecule has 0 aliphatic heterocycles. The standard InChI is InChI=1S/C10H17NS/c1-3-4-8-11-9-6-5-7-10(9)12-2/h9-11H,5-8H2,1-2H3. The third kappa shape index (κ3) is 2.73. The number of thioether (sulfide) groups is 1. The molecule has 1 fully saturated rings. The molecule has 0 spiro atoms. The van der Waals surface area contributed by atoms with Crippen LogP contribution in [0.15, 0.2) is 0 Å². The van der Waals surface area contributed by atoms with Crippen molar-refractivity contribution in [2.45, 2.75) is 37.5 Å². The summed E-state index contributed by atoms with van der Waals surface area (Å²) < 4.78 is 0. The highest BCUT2D eigenvalue weighted by Gasteiger charge is 2.25. The second-order valence-corrected chi connectivity index (χ2v) is 4.20. The molecule has 0 bridgehead atoms. The van der Waals surface area contributed by atoms with E-state index >= 15 is 0 Å². The van der Waals surface area contributed by atoms with Gasteiger partial charge in [-0.25, -0.2) is 0 Å². The molecule has 0 aromatic carbocycles. The van der Waals surface area contributed by atoms with Crippen LogP contribution in [0.2, 0.25) is 0 Å². The zero-order valence-electron chi connectivity index (χ0n) is 7.89. The van der Waals surface area contributed by atoms with Gasteiger partial charge >= 0.3 is 0 Å². The molecule has 2 unspecified atom stereocenters. The first-order valence-electron chi connectivity index (χ1n) is 4.54. The lowest BCUT2D eigenvalue weighted by Crippen LogP contribution is -2.34. The van der Waals surface area contributed by atoms with Crippen LogP contribution in [0.4, 0.5) is 0 Å². The van der Waals surface area contributed by atoms with E-state index in [2.05, 4.69) is 23.4 Å². The first-order chi connectivity index (χ1) is 5.88. The van der Waals surface area contributed by atoms with Crippen LogP contribution in [0.3, 0.4) is 0 Å². The molecule has 0 radical (unpaired) electrons. The summed E-state index contributed by atoms with van der Waals surface area (Å²) in [7, 11) is 0. The Hall–Kier alpha value is -0.130. The number of rotatable bonds is 3. The van der Waals surface area contributed by atoms with Gasteiger partial charge in [-0.3, -0.25) is 0 Å². The summed E-state index contributed by atoms with van der Waals surface area (Å²) in [5, 5.41) is 4.31. The van der Waals surface area contributed by atoms with E-state index in [-0.39, 0.29) is 0 Å². The predicted octanol–water partition coefficient (Wildman–Crippen LogP) is 1.88. The molecule has 0 amide bonds. The fourth-order valence-electron chi connectivity index (χ4n) is 1.71. The molecule has 0 saturated heterocycles. The van der Waals surface area contributed by atoms with Gasteiger partial charge in [0.1, 0.15) is 0 Å². The van der Waals surface area contributed by atoms with Gasteiger partial charge in [0.25, 0.3) is 0 Å². The highest BCUT2D eigenvalue weighted by Crippen LogP contribution is 2.27. The molecule has 1 aliphatic carbocycles. The Kier molecular flexibility index (Phi) is 4.57. The molecule has 1 nitrogen and oxygen atoms in total. The van der Waals surface area contributed by atoms with Crippen LogP contribution in [0.25, 0.3) is 0 Å². The van der Waals surface area contributed by atoms with Gasteiger partial charge in [-0.2, -0.15) is 11.8 Å². The van der Waals surface area contributed by atoms with E-state index in [0.29, 0.717) is 6.04 Å². The SMILES string of the molecule is CC#CCNC1CCCC1SC. The normalized spacial score (nSPS) is 28.2. The minimum absolute atomic E-state index is 0.709. The lowest BCUT2D eigenvalue weighted by Gasteiger charge is -2.17. The van der Waals surface area contributed by atoms with Gasteiger partial charge in [0, 0.05) is 11.3 Å². The van der Waals surface area contributed by atoms with Crippen LogP contribution in [-0.4, -0.2) is 24.1 Å². The van der Waals surface area contributed by atoms with Crippen molar-refractivity contribution in [1.82, 2.24) is 5.32 Å². The molecule has 68 valence electrons. The van der Waals surface area contributed by atoms with Crippen LogP contribution in [0.1, 0.15) is 26.2 Å². The molecule has 12 heavy (non-hydrogen) atoms. The van der Waals surface area contributed by atoms with Gasteiger partial charge in [-0.05, 0) is 26.0 Å². The Morgan fingerprint density at radius 3 is 3.00 bits per heavy atom. The maximum atomic E-state index is 3.49. The summed E-state index contributed by atoms with van der Waals surface area (Å²) >= 11 is 1.99. The average Bonchev–Trinajstić information content (AvgIpc) is 2.52. The quantitative estimate of drug-likeness (QED) is 0.671. The van der Waals surface area contributed by atoms with Crippen LogP contribution in [-0.2, 0) is 0 Å². The predicted molar refractivity (Wildman–Crippen MR) is 56.4 cm³/mol. The van der Waals surface area contributed by atoms with E-state index < -0.39 is 0 Å². The smallest absolute Gasteiger partial charge is 0.0578 e. The van der Waals surface area contributed by atoms with Crippen LogP contribution in [0, 0.1) is 11.8 Å². The molecule has 0 aromatic rings. The monoisotopic (exact) mass is 183 g/mol. The molecule has 0 aromatic heterocycles. The lowest BCUT2D eigenvalue weighted by molar-refractivity contribution is 0.570. The first kappa shape index (κ1) is 9.95. The van der Waals surface area contributed by atoms with E-state index in [9.17, 15) is 0 Å². The van der Waals surface area contributed by atoms with Crippen molar-refractivity contribution in [1.29, 1.82) is 0 Å². The third-order valence-electron chi connectivity index (χ3n) is 2.38. The summed E-state index contributed by atoms with van der Waals surface area (Å²) in [6.45, 7) is 2.75. The molecule has 1 rings (SSSR count). The largest absolute Gasteiger partial charge is 0.302 e. The van der Waals surface area contributed by atoms with Gasteiger partial charge in [0.05, 0.1) is 6.54 Å². The fourth-order valence-corrected chi connectivity index (χ4v) is 2.68. The molecule has 2 atom stereocenters. The van der Waals surface area contributed by atoms with E-state index in [4.69, 9.17) is 0 Å². The topological polar surface area (TPSA) is 12.0 Å². The summed E-state index contributed by atoms with van der Waals surface area (Å²) in [5.74, 6) is 5.95. The van der Waals surface area contributed by atoms with Gasteiger partial charge in [0.15, 0.2) is 0 Å². The van der Waals surface area contributed by atoms with Gasteiger partial charge in [-0.15, -0.1) is 5.92 Å². The van der Waals surface area contributed by atoms with Gasteiger partial charge < -0.3 is 5.32 Å². The van der Waals surface area contributed by atoms with Crippen molar-refractivity contribution in [3.8, 4) is 11.8 Å². The van der Waals surface area contributed by atoms with Crippen molar-refractivity contribution in [3.63, 3.8) is 0 Å². The van der Waals surface area contributed by atoms with Gasteiger partial charge in [-0.1, -0.05) is 12.3 Å². The second-order valence-electron chi connectivity index (χ2n) is 3.12. The maximum Gasteiger partial charge on any atom is 0.0578 e.